The van der Waals surface area contributed by atoms with Crippen molar-refractivity contribution in [1.29, 1.82) is 0 Å². The van der Waals surface area contributed by atoms with Crippen molar-refractivity contribution in [2.45, 2.75) is 24.8 Å². The Morgan fingerprint density at radius 2 is 1.81 bits per heavy atom. The van der Waals surface area contributed by atoms with Gasteiger partial charge < -0.3 is 20.1 Å². The van der Waals surface area contributed by atoms with Crippen LogP contribution >= 0.6 is 0 Å². The zero-order valence-corrected chi connectivity index (χ0v) is 15.9. The molecule has 27 heavy (non-hydrogen) atoms. The van der Waals surface area contributed by atoms with Crippen molar-refractivity contribution in [2.75, 3.05) is 39.3 Å². The van der Waals surface area contributed by atoms with Crippen LogP contribution < -0.4 is 5.32 Å². The quantitative estimate of drug-likeness (QED) is 0.871. The maximum atomic E-state index is 13.1. The number of aromatic amines is 1. The van der Waals surface area contributed by atoms with Gasteiger partial charge in [0.1, 0.15) is 5.69 Å². The number of aromatic nitrogens is 1. The molecule has 2 N–H and O–H groups in total. The first-order valence-corrected chi connectivity index (χ1v) is 10.2. The fraction of sp³-hybridized carbons (Fsp3) is 0.500. The molecule has 0 saturated carbocycles. The summed E-state index contributed by atoms with van der Waals surface area (Å²) in [6, 6.07) is 14.9. The number of nitrogens with one attached hydrogen (secondary N) is 2. The Morgan fingerprint density at radius 1 is 1.11 bits per heavy atom. The molecule has 1 amide bonds. The monoisotopic (exact) mass is 364 g/mol. The molecule has 142 valence electrons. The number of fused-ring (bicyclic) bond motifs is 1. The summed E-state index contributed by atoms with van der Waals surface area (Å²) < 4.78 is 0. The standard InChI is InChI=1S/C22H28N4O/c1-2-18-8-9-19(23-18)21(27)24-20-16-12-25-10-11-26(13-16)15-22(20,14-25)17-6-4-3-5-7-17/h3-9,16,20,23H,2,10-15H2,1H3,(H,24,27)/t16?,20-,22?/m1/s1. The Labute approximate surface area is 160 Å². The zero-order chi connectivity index (χ0) is 18.4. The van der Waals surface area contributed by atoms with Gasteiger partial charge in [0, 0.05) is 62.3 Å². The number of carbonyl (C=O) groups excluding carboxylic acids is 1. The molecule has 0 radical (unpaired) electrons. The molecule has 4 aliphatic heterocycles. The lowest BCUT2D eigenvalue weighted by Crippen LogP contribution is -2.70. The van der Waals surface area contributed by atoms with Gasteiger partial charge in [0.2, 0.25) is 0 Å². The van der Waals surface area contributed by atoms with E-state index < -0.39 is 0 Å². The summed E-state index contributed by atoms with van der Waals surface area (Å²) in [5.74, 6) is 0.505. The molecule has 0 spiro atoms. The van der Waals surface area contributed by atoms with E-state index in [1.165, 1.54) is 5.56 Å². The first-order chi connectivity index (χ1) is 13.2. The molecule has 4 saturated heterocycles. The number of hydrogen-bond donors (Lipinski definition) is 2. The highest BCUT2D eigenvalue weighted by Gasteiger charge is 2.55. The lowest BCUT2D eigenvalue weighted by Gasteiger charge is -2.55. The SMILES string of the molecule is CCc1ccc(C(=O)N[C@@H]2C3CN4CCN(C3)CC2(c2ccccc2)C4)[nH]1. The lowest BCUT2D eigenvalue weighted by molar-refractivity contribution is 0.0179. The molecule has 5 heterocycles. The average molecular weight is 364 g/mol. The summed E-state index contributed by atoms with van der Waals surface area (Å²) in [6.45, 7) is 8.61. The van der Waals surface area contributed by atoms with Crippen molar-refractivity contribution in [1.82, 2.24) is 20.1 Å². The second kappa shape index (κ2) is 6.50. The molecule has 4 fully saturated rings. The lowest BCUT2D eigenvalue weighted by atomic mass is 9.64. The van der Waals surface area contributed by atoms with Crippen LogP contribution in [0.2, 0.25) is 0 Å². The molecule has 4 aliphatic rings. The molecule has 3 atom stereocenters. The fourth-order valence-corrected chi connectivity index (χ4v) is 5.57. The minimum absolute atomic E-state index is 0.0330. The van der Waals surface area contributed by atoms with Gasteiger partial charge in [0.05, 0.1) is 0 Å². The van der Waals surface area contributed by atoms with Crippen molar-refractivity contribution < 1.29 is 4.79 Å². The highest BCUT2D eigenvalue weighted by atomic mass is 16.2. The minimum Gasteiger partial charge on any atom is -0.354 e. The molecule has 5 heteroatoms. The van der Waals surface area contributed by atoms with E-state index in [4.69, 9.17) is 0 Å². The van der Waals surface area contributed by atoms with Crippen LogP contribution in [0.1, 0.15) is 28.7 Å². The summed E-state index contributed by atoms with van der Waals surface area (Å²) >= 11 is 0. The zero-order valence-electron chi connectivity index (χ0n) is 15.9. The van der Waals surface area contributed by atoms with Gasteiger partial charge in [-0.3, -0.25) is 4.79 Å². The summed E-state index contributed by atoms with van der Waals surface area (Å²) in [5.41, 5.74) is 3.12. The second-order valence-electron chi connectivity index (χ2n) is 8.45. The molecule has 6 rings (SSSR count). The first-order valence-electron chi connectivity index (χ1n) is 10.2. The maximum absolute atomic E-state index is 13.1. The topological polar surface area (TPSA) is 51.4 Å². The van der Waals surface area contributed by atoms with Gasteiger partial charge in [-0.25, -0.2) is 0 Å². The Balaban J connectivity index is 1.50. The van der Waals surface area contributed by atoms with E-state index in [0.29, 0.717) is 11.6 Å². The van der Waals surface area contributed by atoms with Crippen LogP contribution in [0, 0.1) is 5.92 Å². The number of H-pyrrole nitrogens is 1. The van der Waals surface area contributed by atoms with Gasteiger partial charge in [-0.15, -0.1) is 0 Å². The van der Waals surface area contributed by atoms with E-state index in [1.54, 1.807) is 0 Å². The van der Waals surface area contributed by atoms with Gasteiger partial charge in [-0.2, -0.15) is 0 Å². The number of nitrogens with zero attached hydrogens (tertiary/aromatic N) is 2. The molecule has 1 aromatic heterocycles. The van der Waals surface area contributed by atoms with Gasteiger partial charge in [-0.1, -0.05) is 37.3 Å². The van der Waals surface area contributed by atoms with Gasteiger partial charge >= 0.3 is 0 Å². The Morgan fingerprint density at radius 3 is 2.44 bits per heavy atom. The van der Waals surface area contributed by atoms with Crippen molar-refractivity contribution in [3.05, 3.63) is 59.4 Å². The number of aryl methyl sites for hydroxylation is 1. The number of amides is 1. The van der Waals surface area contributed by atoms with E-state index in [2.05, 4.69) is 57.4 Å². The van der Waals surface area contributed by atoms with Crippen LogP contribution in [-0.2, 0) is 11.8 Å². The molecule has 5 nitrogen and oxygen atoms in total. The smallest absolute Gasteiger partial charge is 0.267 e. The van der Waals surface area contributed by atoms with E-state index in [-0.39, 0.29) is 17.4 Å². The number of rotatable bonds is 4. The van der Waals surface area contributed by atoms with E-state index in [0.717, 1.165) is 51.4 Å². The Bertz CT molecular complexity index is 814. The van der Waals surface area contributed by atoms with Crippen LogP contribution in [0.4, 0.5) is 0 Å². The number of hydrogen-bond acceptors (Lipinski definition) is 3. The third kappa shape index (κ3) is 2.80. The predicted molar refractivity (Wildman–Crippen MR) is 106 cm³/mol. The molecule has 1 aromatic carbocycles. The summed E-state index contributed by atoms with van der Waals surface area (Å²) in [5, 5.41) is 3.46. The summed E-state index contributed by atoms with van der Waals surface area (Å²) in [6.07, 6.45) is 0.914. The highest BCUT2D eigenvalue weighted by molar-refractivity contribution is 5.93. The van der Waals surface area contributed by atoms with E-state index >= 15 is 0 Å². The molecular formula is C22H28N4O. The van der Waals surface area contributed by atoms with E-state index in [9.17, 15) is 4.79 Å². The van der Waals surface area contributed by atoms with Gasteiger partial charge in [0.25, 0.3) is 5.91 Å². The van der Waals surface area contributed by atoms with Crippen LogP contribution in [-0.4, -0.2) is 66.0 Å². The summed E-state index contributed by atoms with van der Waals surface area (Å²) in [7, 11) is 0. The number of benzene rings is 1. The Kier molecular flexibility index (Phi) is 4.10. The third-order valence-electron chi connectivity index (χ3n) is 6.80. The average Bonchev–Trinajstić information content (AvgIpc) is 3.04. The van der Waals surface area contributed by atoms with Crippen molar-refractivity contribution in [2.24, 2.45) is 5.92 Å². The van der Waals surface area contributed by atoms with Crippen molar-refractivity contribution in [3.63, 3.8) is 0 Å². The number of piperidine rings is 2. The van der Waals surface area contributed by atoms with Crippen molar-refractivity contribution in [3.8, 4) is 0 Å². The predicted octanol–water partition coefficient (Wildman–Crippen LogP) is 1.87. The minimum atomic E-state index is -0.0330. The largest absolute Gasteiger partial charge is 0.354 e. The van der Waals surface area contributed by atoms with Crippen molar-refractivity contribution >= 4 is 5.91 Å². The normalized spacial score (nSPS) is 34.4. The van der Waals surface area contributed by atoms with Crippen LogP contribution in [0.15, 0.2) is 42.5 Å². The Hall–Kier alpha value is -2.11. The second-order valence-corrected chi connectivity index (χ2v) is 8.45. The first kappa shape index (κ1) is 17.0. The highest BCUT2D eigenvalue weighted by Crippen LogP contribution is 2.43. The molecule has 4 bridgehead atoms. The van der Waals surface area contributed by atoms with Gasteiger partial charge in [-0.05, 0) is 24.1 Å². The van der Waals surface area contributed by atoms with Crippen LogP contribution in [0.3, 0.4) is 0 Å². The molecule has 2 unspecified atom stereocenters. The molecule has 0 aliphatic carbocycles. The van der Waals surface area contributed by atoms with Gasteiger partial charge in [0.15, 0.2) is 0 Å². The summed E-state index contributed by atoms with van der Waals surface area (Å²) in [4.78, 5) is 21.5. The molecular weight excluding hydrogens is 336 g/mol. The van der Waals surface area contributed by atoms with E-state index in [1.807, 2.05) is 12.1 Å². The van der Waals surface area contributed by atoms with Crippen LogP contribution in [0.5, 0.6) is 0 Å². The molecule has 2 aromatic rings. The van der Waals surface area contributed by atoms with Crippen LogP contribution in [0.25, 0.3) is 0 Å². The maximum Gasteiger partial charge on any atom is 0.267 e. The third-order valence-corrected chi connectivity index (χ3v) is 6.80. The fourth-order valence-electron chi connectivity index (χ4n) is 5.57. The number of carbonyl (C=O) groups is 1.